The Hall–Kier alpha value is -4.32. The second-order valence-electron chi connectivity index (χ2n) is 9.68. The Labute approximate surface area is 222 Å². The number of aryl methyl sites for hydroxylation is 1. The first kappa shape index (κ1) is 25.3. The van der Waals surface area contributed by atoms with Gasteiger partial charge in [-0.15, -0.1) is 0 Å². The maximum Gasteiger partial charge on any atom is 0.295 e. The molecule has 6 nitrogen and oxygen atoms in total. The van der Waals surface area contributed by atoms with E-state index in [9.17, 15) is 14.7 Å². The lowest BCUT2D eigenvalue weighted by Crippen LogP contribution is -2.31. The predicted octanol–water partition coefficient (Wildman–Crippen LogP) is 6.18. The van der Waals surface area contributed by atoms with Crippen molar-refractivity contribution in [2.24, 2.45) is 0 Å². The van der Waals surface area contributed by atoms with Crippen molar-refractivity contribution in [1.82, 2.24) is 9.88 Å². The number of aromatic amines is 1. The standard InChI is InChI=1S/C32H32N2O4/c1-3-4-7-21-10-12-22(13-11-21)29-28(30(35)23-14-16-25(38-2)17-15-23)31(36)32(37)34(29)19-18-24-20-33-27-9-6-5-8-26(24)27/h5-6,8-17,20,29,33,35H,3-4,7,18-19H2,1-2H3. The van der Waals surface area contributed by atoms with Gasteiger partial charge in [0, 0.05) is 29.2 Å². The lowest BCUT2D eigenvalue weighted by molar-refractivity contribution is -0.139. The van der Waals surface area contributed by atoms with Crippen LogP contribution >= 0.6 is 0 Å². The van der Waals surface area contributed by atoms with Gasteiger partial charge in [0.05, 0.1) is 18.7 Å². The Morgan fingerprint density at radius 3 is 2.42 bits per heavy atom. The molecule has 0 aliphatic carbocycles. The Morgan fingerprint density at radius 2 is 1.71 bits per heavy atom. The molecule has 0 spiro atoms. The van der Waals surface area contributed by atoms with E-state index in [1.54, 1.807) is 36.3 Å². The molecule has 2 N–H and O–H groups in total. The second-order valence-corrected chi connectivity index (χ2v) is 9.68. The highest BCUT2D eigenvalue weighted by atomic mass is 16.5. The molecule has 1 aliphatic rings. The number of hydrogen-bond acceptors (Lipinski definition) is 4. The Balaban J connectivity index is 1.53. The number of benzene rings is 3. The van der Waals surface area contributed by atoms with Crippen molar-refractivity contribution in [1.29, 1.82) is 0 Å². The average molecular weight is 509 g/mol. The fourth-order valence-corrected chi connectivity index (χ4v) is 5.19. The Bertz CT molecular complexity index is 1480. The number of methoxy groups -OCH3 is 1. The van der Waals surface area contributed by atoms with Crippen molar-refractivity contribution in [2.45, 2.75) is 38.6 Å². The van der Waals surface area contributed by atoms with Crippen LogP contribution in [0.1, 0.15) is 48.1 Å². The number of aliphatic hydroxyl groups is 1. The number of nitrogens with zero attached hydrogens (tertiary/aromatic N) is 1. The van der Waals surface area contributed by atoms with Gasteiger partial charge in [0.15, 0.2) is 0 Å². The van der Waals surface area contributed by atoms with E-state index in [0.29, 0.717) is 24.3 Å². The first-order valence-corrected chi connectivity index (χ1v) is 13.1. The third-order valence-corrected chi connectivity index (χ3v) is 7.31. The van der Waals surface area contributed by atoms with Gasteiger partial charge in [0.25, 0.3) is 11.7 Å². The van der Waals surface area contributed by atoms with E-state index in [-0.39, 0.29) is 11.3 Å². The van der Waals surface area contributed by atoms with Gasteiger partial charge in [-0.05, 0) is 66.3 Å². The maximum atomic E-state index is 13.4. The summed E-state index contributed by atoms with van der Waals surface area (Å²) in [5.74, 6) is -0.808. The van der Waals surface area contributed by atoms with Crippen LogP contribution in [0.3, 0.4) is 0 Å². The van der Waals surface area contributed by atoms with Gasteiger partial charge in [0.1, 0.15) is 11.5 Å². The minimum Gasteiger partial charge on any atom is -0.507 e. The third kappa shape index (κ3) is 4.82. The molecule has 1 fully saturated rings. The normalized spacial score (nSPS) is 16.9. The highest BCUT2D eigenvalue weighted by Crippen LogP contribution is 2.40. The molecule has 194 valence electrons. The number of para-hydroxylation sites is 1. The van der Waals surface area contributed by atoms with E-state index in [1.165, 1.54) is 5.56 Å². The van der Waals surface area contributed by atoms with E-state index in [1.807, 2.05) is 42.6 Å². The lowest BCUT2D eigenvalue weighted by atomic mass is 9.94. The largest absolute Gasteiger partial charge is 0.507 e. The van der Waals surface area contributed by atoms with Crippen molar-refractivity contribution in [3.05, 3.63) is 107 Å². The zero-order valence-electron chi connectivity index (χ0n) is 21.7. The Morgan fingerprint density at radius 1 is 0.974 bits per heavy atom. The van der Waals surface area contributed by atoms with Gasteiger partial charge in [-0.2, -0.15) is 0 Å². The molecule has 0 saturated carbocycles. The number of carbonyl (C=O) groups is 2. The molecule has 1 atom stereocenters. The first-order valence-electron chi connectivity index (χ1n) is 13.1. The fourth-order valence-electron chi connectivity index (χ4n) is 5.19. The van der Waals surface area contributed by atoms with Crippen LogP contribution in [-0.2, 0) is 22.4 Å². The monoisotopic (exact) mass is 508 g/mol. The van der Waals surface area contributed by atoms with Gasteiger partial charge in [-0.3, -0.25) is 9.59 Å². The average Bonchev–Trinajstić information content (AvgIpc) is 3.48. The predicted molar refractivity (Wildman–Crippen MR) is 149 cm³/mol. The quantitative estimate of drug-likeness (QED) is 0.161. The summed E-state index contributed by atoms with van der Waals surface area (Å²) in [6.07, 6.45) is 5.71. The molecular weight excluding hydrogens is 476 g/mol. The number of unbranched alkanes of at least 4 members (excludes halogenated alkanes) is 1. The molecule has 1 aromatic heterocycles. The molecule has 3 aromatic carbocycles. The van der Waals surface area contributed by atoms with Crippen LogP contribution in [0.2, 0.25) is 0 Å². The number of ether oxygens (including phenoxy) is 1. The molecule has 0 bridgehead atoms. The second kappa shape index (κ2) is 11.0. The van der Waals surface area contributed by atoms with Crippen molar-refractivity contribution >= 4 is 28.4 Å². The number of aromatic nitrogens is 1. The molecule has 6 heteroatoms. The van der Waals surface area contributed by atoms with Gasteiger partial charge < -0.3 is 19.7 Å². The smallest absolute Gasteiger partial charge is 0.295 e. The van der Waals surface area contributed by atoms with Crippen molar-refractivity contribution < 1.29 is 19.4 Å². The summed E-state index contributed by atoms with van der Waals surface area (Å²) in [6.45, 7) is 2.50. The van der Waals surface area contributed by atoms with Crippen LogP contribution in [0, 0.1) is 0 Å². The number of carbonyl (C=O) groups excluding carboxylic acids is 2. The van der Waals surface area contributed by atoms with Crippen molar-refractivity contribution in [3.8, 4) is 5.75 Å². The van der Waals surface area contributed by atoms with Crippen LogP contribution in [0.5, 0.6) is 5.75 Å². The number of ketones is 1. The molecule has 2 heterocycles. The van der Waals surface area contributed by atoms with Crippen LogP contribution in [0.4, 0.5) is 0 Å². The highest BCUT2D eigenvalue weighted by Gasteiger charge is 2.45. The molecule has 38 heavy (non-hydrogen) atoms. The van der Waals surface area contributed by atoms with Crippen LogP contribution in [-0.4, -0.2) is 40.3 Å². The minimum atomic E-state index is -0.678. The number of fused-ring (bicyclic) bond motifs is 1. The first-order chi connectivity index (χ1) is 18.5. The Kier molecular flexibility index (Phi) is 7.31. The molecule has 1 aliphatic heterocycles. The number of nitrogens with one attached hydrogen (secondary N) is 1. The molecule has 1 amide bonds. The summed E-state index contributed by atoms with van der Waals surface area (Å²) in [7, 11) is 1.57. The van der Waals surface area contributed by atoms with Crippen molar-refractivity contribution in [2.75, 3.05) is 13.7 Å². The third-order valence-electron chi connectivity index (χ3n) is 7.31. The zero-order chi connectivity index (χ0) is 26.6. The summed E-state index contributed by atoms with van der Waals surface area (Å²) in [5.41, 5.74) is 4.69. The number of aliphatic hydroxyl groups excluding tert-OH is 1. The zero-order valence-corrected chi connectivity index (χ0v) is 21.7. The number of hydrogen-bond donors (Lipinski definition) is 2. The summed E-state index contributed by atoms with van der Waals surface area (Å²) in [6, 6.07) is 22.2. The summed E-state index contributed by atoms with van der Waals surface area (Å²) in [4.78, 5) is 31.6. The maximum absolute atomic E-state index is 13.4. The van der Waals surface area contributed by atoms with Gasteiger partial charge >= 0.3 is 0 Å². The number of likely N-dealkylation sites (tertiary alicyclic amines) is 1. The summed E-state index contributed by atoms with van der Waals surface area (Å²) < 4.78 is 5.23. The van der Waals surface area contributed by atoms with Gasteiger partial charge in [-0.1, -0.05) is 55.8 Å². The summed E-state index contributed by atoms with van der Waals surface area (Å²) >= 11 is 0. The van der Waals surface area contributed by atoms with Crippen molar-refractivity contribution in [3.63, 3.8) is 0 Å². The minimum absolute atomic E-state index is 0.111. The van der Waals surface area contributed by atoms with Crippen LogP contribution < -0.4 is 4.74 Å². The van der Waals surface area contributed by atoms with Gasteiger partial charge in [-0.25, -0.2) is 0 Å². The van der Waals surface area contributed by atoms with Gasteiger partial charge in [0.2, 0.25) is 0 Å². The van der Waals surface area contributed by atoms with E-state index in [2.05, 4.69) is 24.0 Å². The van der Waals surface area contributed by atoms with Crippen LogP contribution in [0.25, 0.3) is 16.7 Å². The molecule has 0 radical (unpaired) electrons. The molecule has 4 aromatic rings. The van der Waals surface area contributed by atoms with E-state index in [0.717, 1.165) is 41.3 Å². The lowest BCUT2D eigenvalue weighted by Gasteiger charge is -2.25. The fraction of sp³-hybridized carbons (Fsp3) is 0.250. The van der Waals surface area contributed by atoms with E-state index >= 15 is 0 Å². The van der Waals surface area contributed by atoms with Crippen LogP contribution in [0.15, 0.2) is 84.6 Å². The number of Topliss-reactive ketones (excluding diaryl/α,β-unsaturated/α-hetero) is 1. The number of H-pyrrole nitrogens is 1. The SMILES string of the molecule is CCCCc1ccc(C2C(=C(O)c3ccc(OC)cc3)C(=O)C(=O)N2CCc2c[nH]c3ccccc23)cc1. The topological polar surface area (TPSA) is 82.6 Å². The molecule has 5 rings (SSSR count). The summed E-state index contributed by atoms with van der Waals surface area (Å²) in [5, 5.41) is 12.4. The molecule has 1 saturated heterocycles. The highest BCUT2D eigenvalue weighted by molar-refractivity contribution is 6.46. The van der Waals surface area contributed by atoms with E-state index < -0.39 is 17.7 Å². The number of rotatable bonds is 9. The molecule has 1 unspecified atom stereocenters. The number of amides is 1. The molecular formula is C32H32N2O4. The van der Waals surface area contributed by atoms with E-state index in [4.69, 9.17) is 4.74 Å².